The summed E-state index contributed by atoms with van der Waals surface area (Å²) in [6.07, 6.45) is 0. The van der Waals surface area contributed by atoms with Gasteiger partial charge in [0, 0.05) is 22.3 Å². The van der Waals surface area contributed by atoms with Gasteiger partial charge in [-0.1, -0.05) is 194 Å². The first-order valence-corrected chi connectivity index (χ1v) is 19.1. The van der Waals surface area contributed by atoms with Gasteiger partial charge < -0.3 is 10.2 Å². The number of hydrogen-bond acceptors (Lipinski definition) is 2. The Labute approximate surface area is 327 Å². The van der Waals surface area contributed by atoms with Crippen LogP contribution in [0.2, 0.25) is 0 Å². The summed E-state index contributed by atoms with van der Waals surface area (Å²) in [4.78, 5) is 0. The lowest BCUT2D eigenvalue weighted by molar-refractivity contribution is 0.0756. The number of rotatable bonds is 6. The molecule has 0 heterocycles. The Morgan fingerprint density at radius 3 is 0.929 bits per heavy atom. The molecule has 56 heavy (non-hydrogen) atoms. The van der Waals surface area contributed by atoms with Crippen molar-refractivity contribution < 1.29 is 10.2 Å². The van der Waals surface area contributed by atoms with Crippen LogP contribution in [0.1, 0.15) is 33.4 Å². The van der Waals surface area contributed by atoms with Crippen LogP contribution in [0.4, 0.5) is 0 Å². The van der Waals surface area contributed by atoms with Gasteiger partial charge >= 0.3 is 0 Å². The van der Waals surface area contributed by atoms with Crippen LogP contribution in [-0.2, 0) is 11.2 Å². The molecule has 2 unspecified atom stereocenters. The largest absolute Gasteiger partial charge is 0.376 e. The molecule has 0 amide bonds. The van der Waals surface area contributed by atoms with Crippen molar-refractivity contribution in [2.45, 2.75) is 11.2 Å². The third-order valence-corrected chi connectivity index (χ3v) is 11.6. The van der Waals surface area contributed by atoms with Gasteiger partial charge in [-0.25, -0.2) is 0 Å². The first-order valence-electron chi connectivity index (χ1n) is 19.1. The molecule has 10 rings (SSSR count). The summed E-state index contributed by atoms with van der Waals surface area (Å²) in [5.74, 6) is 0. The number of hydrogen-bond donors (Lipinski definition) is 2. The molecule has 1 aliphatic rings. The van der Waals surface area contributed by atoms with Crippen LogP contribution in [0.15, 0.2) is 218 Å². The maximum atomic E-state index is 14.1. The molecule has 0 aromatic heterocycles. The molecule has 0 spiro atoms. The van der Waals surface area contributed by atoms with Crippen LogP contribution in [0.25, 0.3) is 55.3 Å². The van der Waals surface area contributed by atoms with Crippen molar-refractivity contribution in [3.8, 4) is 44.5 Å². The Morgan fingerprint density at radius 2 is 0.554 bits per heavy atom. The number of aliphatic hydroxyl groups is 2. The smallest absolute Gasteiger partial charge is 0.142 e. The second kappa shape index (κ2) is 13.5. The zero-order valence-electron chi connectivity index (χ0n) is 30.7. The summed E-state index contributed by atoms with van der Waals surface area (Å²) < 4.78 is 0. The van der Waals surface area contributed by atoms with Crippen molar-refractivity contribution in [1.29, 1.82) is 0 Å². The molecule has 0 saturated heterocycles. The average Bonchev–Trinajstić information content (AvgIpc) is 3.28. The maximum Gasteiger partial charge on any atom is 0.142 e. The quantitative estimate of drug-likeness (QED) is 0.180. The van der Waals surface area contributed by atoms with E-state index in [1.807, 2.05) is 109 Å². The Kier molecular flexibility index (Phi) is 8.11. The van der Waals surface area contributed by atoms with E-state index in [1.54, 1.807) is 0 Å². The van der Waals surface area contributed by atoms with E-state index in [4.69, 9.17) is 0 Å². The Bertz CT molecular complexity index is 2670. The van der Waals surface area contributed by atoms with Crippen LogP contribution in [0.5, 0.6) is 0 Å². The van der Waals surface area contributed by atoms with Crippen molar-refractivity contribution >= 4 is 10.8 Å². The van der Waals surface area contributed by atoms with E-state index in [2.05, 4.69) is 109 Å². The van der Waals surface area contributed by atoms with Gasteiger partial charge in [0.2, 0.25) is 0 Å². The molecule has 266 valence electrons. The molecule has 2 heteroatoms. The van der Waals surface area contributed by atoms with Crippen LogP contribution in [-0.4, -0.2) is 10.2 Å². The predicted octanol–water partition coefficient (Wildman–Crippen LogP) is 12.4. The van der Waals surface area contributed by atoms with Gasteiger partial charge in [-0.05, 0) is 90.7 Å². The topological polar surface area (TPSA) is 40.5 Å². The monoisotopic (exact) mass is 718 g/mol. The molecule has 2 nitrogen and oxygen atoms in total. The fraction of sp³-hybridized carbons (Fsp3) is 0.0370. The fourth-order valence-electron chi connectivity index (χ4n) is 8.87. The minimum absolute atomic E-state index is 0.636. The van der Waals surface area contributed by atoms with Gasteiger partial charge in [0.15, 0.2) is 0 Å². The maximum absolute atomic E-state index is 14.1. The van der Waals surface area contributed by atoms with Gasteiger partial charge in [0.25, 0.3) is 0 Å². The van der Waals surface area contributed by atoms with Crippen LogP contribution < -0.4 is 0 Å². The van der Waals surface area contributed by atoms with Gasteiger partial charge in [-0.15, -0.1) is 0 Å². The summed E-state index contributed by atoms with van der Waals surface area (Å²) >= 11 is 0. The van der Waals surface area contributed by atoms with Gasteiger partial charge in [0.05, 0.1) is 0 Å². The SMILES string of the molecule is OC1(c2cc(-c3ccccc3)ccc2-c2ccccc2)c2ccccc2C(O)(c2cc(-c3ccccc3)ccc2-c2ccccc2)c2cc3ccccc3cc21. The zero-order valence-corrected chi connectivity index (χ0v) is 30.7. The average molecular weight is 719 g/mol. The third kappa shape index (κ3) is 5.34. The van der Waals surface area contributed by atoms with Crippen LogP contribution >= 0.6 is 0 Å². The standard InChI is InChI=1S/C54H38O2/c55-53(49-33-43(37-17-5-1-6-18-37)29-31-45(49)39-21-9-3-10-22-39)47-27-15-16-28-48(47)54(56,52-36-42-26-14-13-25-41(42)35-51(52)53)50-34-44(38-19-7-2-8-20-38)30-32-46(50)40-23-11-4-12-24-40/h1-36,55-56H. The molecule has 9 aromatic carbocycles. The van der Waals surface area contributed by atoms with Gasteiger partial charge in [-0.2, -0.15) is 0 Å². The minimum atomic E-state index is -1.66. The van der Waals surface area contributed by atoms with E-state index < -0.39 is 11.2 Å². The number of benzene rings is 9. The molecule has 2 atom stereocenters. The highest BCUT2D eigenvalue weighted by Crippen LogP contribution is 2.57. The summed E-state index contributed by atoms with van der Waals surface area (Å²) in [6.45, 7) is 0. The lowest BCUT2D eigenvalue weighted by atomic mass is 9.61. The summed E-state index contributed by atoms with van der Waals surface area (Å²) in [7, 11) is 0. The van der Waals surface area contributed by atoms with Crippen molar-refractivity contribution in [1.82, 2.24) is 0 Å². The molecule has 2 N–H and O–H groups in total. The lowest BCUT2D eigenvalue weighted by Gasteiger charge is -2.46. The minimum Gasteiger partial charge on any atom is -0.376 e. The molecular weight excluding hydrogens is 681 g/mol. The Balaban J connectivity index is 1.34. The molecule has 0 bridgehead atoms. The summed E-state index contributed by atoms with van der Waals surface area (Å²) in [5.41, 5.74) is 8.67. The second-order valence-corrected chi connectivity index (χ2v) is 14.7. The fourth-order valence-corrected chi connectivity index (χ4v) is 8.87. The molecule has 0 fully saturated rings. The second-order valence-electron chi connectivity index (χ2n) is 14.7. The molecule has 0 radical (unpaired) electrons. The highest BCUT2D eigenvalue weighted by molar-refractivity contribution is 5.89. The molecular formula is C54H38O2. The Morgan fingerprint density at radius 1 is 0.232 bits per heavy atom. The normalized spacial score (nSPS) is 17.2. The van der Waals surface area contributed by atoms with E-state index in [1.165, 1.54) is 0 Å². The Hall–Kier alpha value is -6.84. The van der Waals surface area contributed by atoms with E-state index >= 15 is 0 Å². The van der Waals surface area contributed by atoms with Crippen molar-refractivity contribution in [2.24, 2.45) is 0 Å². The van der Waals surface area contributed by atoms with E-state index in [9.17, 15) is 10.2 Å². The zero-order chi connectivity index (χ0) is 37.7. The van der Waals surface area contributed by atoms with E-state index in [0.717, 1.165) is 66.4 Å². The summed E-state index contributed by atoms with van der Waals surface area (Å²) in [6, 6.07) is 74.3. The highest BCUT2D eigenvalue weighted by Gasteiger charge is 2.52. The van der Waals surface area contributed by atoms with Crippen molar-refractivity contribution in [2.75, 3.05) is 0 Å². The first-order chi connectivity index (χ1) is 27.5. The predicted molar refractivity (Wildman–Crippen MR) is 229 cm³/mol. The van der Waals surface area contributed by atoms with Crippen molar-refractivity contribution in [3.63, 3.8) is 0 Å². The molecule has 1 aliphatic carbocycles. The van der Waals surface area contributed by atoms with Crippen molar-refractivity contribution in [3.05, 3.63) is 252 Å². The van der Waals surface area contributed by atoms with Crippen LogP contribution in [0, 0.1) is 0 Å². The van der Waals surface area contributed by atoms with Gasteiger partial charge in [0.1, 0.15) is 11.2 Å². The first kappa shape index (κ1) is 33.7. The van der Waals surface area contributed by atoms with Crippen LogP contribution in [0.3, 0.4) is 0 Å². The van der Waals surface area contributed by atoms with E-state index in [0.29, 0.717) is 22.3 Å². The highest BCUT2D eigenvalue weighted by atomic mass is 16.3. The molecule has 9 aromatic rings. The lowest BCUT2D eigenvalue weighted by Crippen LogP contribution is -2.44. The number of fused-ring (bicyclic) bond motifs is 3. The van der Waals surface area contributed by atoms with E-state index in [-0.39, 0.29) is 0 Å². The third-order valence-electron chi connectivity index (χ3n) is 11.6. The molecule has 0 saturated carbocycles. The van der Waals surface area contributed by atoms with Gasteiger partial charge in [-0.3, -0.25) is 0 Å². The molecule has 0 aliphatic heterocycles. The summed E-state index contributed by atoms with van der Waals surface area (Å²) in [5, 5.41) is 30.2.